The fourth-order valence-corrected chi connectivity index (χ4v) is 1.68. The molecule has 0 atom stereocenters. The first-order valence-corrected chi connectivity index (χ1v) is 4.44. The van der Waals surface area contributed by atoms with Crippen LogP contribution in [0, 0.1) is 6.92 Å². The van der Waals surface area contributed by atoms with Crippen LogP contribution >= 0.6 is 0 Å². The molecule has 3 heteroatoms. The lowest BCUT2D eigenvalue weighted by molar-refractivity contribution is 0.650. The summed E-state index contributed by atoms with van der Waals surface area (Å²) in [4.78, 5) is 8.08. The number of furan rings is 1. The van der Waals surface area contributed by atoms with Gasteiger partial charge in [-0.15, -0.1) is 0 Å². The highest BCUT2D eigenvalue weighted by Crippen LogP contribution is 2.28. The zero-order valence-corrected chi connectivity index (χ0v) is 7.69. The van der Waals surface area contributed by atoms with E-state index in [1.165, 1.54) is 6.33 Å². The van der Waals surface area contributed by atoms with Gasteiger partial charge in [0.1, 0.15) is 11.9 Å². The van der Waals surface area contributed by atoms with Crippen molar-refractivity contribution in [2.75, 3.05) is 0 Å². The molecule has 0 fully saturated rings. The Morgan fingerprint density at radius 2 is 2.14 bits per heavy atom. The predicted octanol–water partition coefficient (Wildman–Crippen LogP) is 2.68. The summed E-state index contributed by atoms with van der Waals surface area (Å²) in [5.41, 5.74) is 2.69. The summed E-state index contributed by atoms with van der Waals surface area (Å²) in [5, 5.41) is 2.06. The topological polar surface area (TPSA) is 38.9 Å². The Morgan fingerprint density at radius 3 is 3.07 bits per heavy atom. The van der Waals surface area contributed by atoms with E-state index in [4.69, 9.17) is 4.42 Å². The average molecular weight is 184 g/mol. The lowest BCUT2D eigenvalue weighted by Crippen LogP contribution is -1.74. The van der Waals surface area contributed by atoms with Crippen LogP contribution in [0.5, 0.6) is 0 Å². The summed E-state index contributed by atoms with van der Waals surface area (Å²) in [6.07, 6.45) is 3.29. The minimum atomic E-state index is 0.657. The molecule has 1 aromatic carbocycles. The molecule has 0 saturated carbocycles. The Bertz CT molecular complexity index is 613. The monoisotopic (exact) mass is 184 g/mol. The number of aryl methyl sites for hydroxylation is 1. The molecule has 0 N–H and O–H groups in total. The second-order valence-electron chi connectivity index (χ2n) is 3.30. The van der Waals surface area contributed by atoms with Gasteiger partial charge in [0.05, 0.1) is 5.39 Å². The summed E-state index contributed by atoms with van der Waals surface area (Å²) in [6.45, 7) is 2.03. The summed E-state index contributed by atoms with van der Waals surface area (Å²) in [7, 11) is 0. The van der Waals surface area contributed by atoms with Gasteiger partial charge in [0.25, 0.3) is 0 Å². The van der Waals surface area contributed by atoms with Crippen LogP contribution in [-0.4, -0.2) is 9.97 Å². The standard InChI is InChI=1S/C11H8N2O/c1-7-3-2-4-8-9-5-12-6-13-11(9)14-10(7)8/h2-6H,1H3. The maximum absolute atomic E-state index is 5.63. The van der Waals surface area contributed by atoms with Crippen LogP contribution in [0.3, 0.4) is 0 Å². The molecular weight excluding hydrogens is 176 g/mol. The lowest BCUT2D eigenvalue weighted by Gasteiger charge is -1.91. The van der Waals surface area contributed by atoms with Crippen molar-refractivity contribution in [1.29, 1.82) is 0 Å². The molecule has 0 aliphatic carbocycles. The Kier molecular flexibility index (Phi) is 1.36. The molecular formula is C11H8N2O. The van der Waals surface area contributed by atoms with Crippen LogP contribution in [0.15, 0.2) is 35.1 Å². The van der Waals surface area contributed by atoms with Gasteiger partial charge in [-0.25, -0.2) is 9.97 Å². The molecule has 3 aromatic rings. The van der Waals surface area contributed by atoms with E-state index in [0.717, 1.165) is 21.9 Å². The van der Waals surface area contributed by atoms with E-state index in [1.54, 1.807) is 6.20 Å². The molecule has 0 saturated heterocycles. The number of nitrogens with zero attached hydrogens (tertiary/aromatic N) is 2. The third-order valence-corrected chi connectivity index (χ3v) is 2.38. The molecule has 0 bridgehead atoms. The van der Waals surface area contributed by atoms with E-state index in [2.05, 4.69) is 9.97 Å². The second kappa shape index (κ2) is 2.54. The van der Waals surface area contributed by atoms with Gasteiger partial charge in [0.2, 0.25) is 5.71 Å². The second-order valence-corrected chi connectivity index (χ2v) is 3.30. The largest absolute Gasteiger partial charge is 0.437 e. The molecule has 0 radical (unpaired) electrons. The Hall–Kier alpha value is -1.90. The van der Waals surface area contributed by atoms with Gasteiger partial charge >= 0.3 is 0 Å². The van der Waals surface area contributed by atoms with E-state index in [1.807, 2.05) is 25.1 Å². The van der Waals surface area contributed by atoms with Crippen LogP contribution in [0.25, 0.3) is 22.1 Å². The van der Waals surface area contributed by atoms with Crippen LogP contribution in [0.2, 0.25) is 0 Å². The number of hydrogen-bond acceptors (Lipinski definition) is 3. The van der Waals surface area contributed by atoms with Gasteiger partial charge in [-0.3, -0.25) is 0 Å². The highest BCUT2D eigenvalue weighted by atomic mass is 16.3. The number of fused-ring (bicyclic) bond motifs is 3. The van der Waals surface area contributed by atoms with E-state index in [9.17, 15) is 0 Å². The first kappa shape index (κ1) is 7.50. The number of para-hydroxylation sites is 1. The van der Waals surface area contributed by atoms with Crippen molar-refractivity contribution in [1.82, 2.24) is 9.97 Å². The van der Waals surface area contributed by atoms with Crippen LogP contribution in [0.4, 0.5) is 0 Å². The van der Waals surface area contributed by atoms with Gasteiger partial charge in [0, 0.05) is 11.6 Å². The van der Waals surface area contributed by atoms with Gasteiger partial charge in [-0.05, 0) is 12.5 Å². The number of benzene rings is 1. The molecule has 0 aliphatic rings. The zero-order chi connectivity index (χ0) is 9.54. The molecule has 14 heavy (non-hydrogen) atoms. The zero-order valence-electron chi connectivity index (χ0n) is 7.69. The summed E-state index contributed by atoms with van der Waals surface area (Å²) in [5.74, 6) is 0. The maximum Gasteiger partial charge on any atom is 0.230 e. The van der Waals surface area contributed by atoms with Crippen LogP contribution < -0.4 is 0 Å². The molecule has 0 unspecified atom stereocenters. The van der Waals surface area contributed by atoms with Crippen molar-refractivity contribution in [3.8, 4) is 0 Å². The maximum atomic E-state index is 5.63. The van der Waals surface area contributed by atoms with Crippen molar-refractivity contribution in [2.45, 2.75) is 6.92 Å². The molecule has 0 spiro atoms. The third-order valence-electron chi connectivity index (χ3n) is 2.38. The average Bonchev–Trinajstić information content (AvgIpc) is 2.59. The minimum absolute atomic E-state index is 0.657. The van der Waals surface area contributed by atoms with E-state index >= 15 is 0 Å². The number of hydrogen-bond donors (Lipinski definition) is 0. The Labute approximate surface area is 80.4 Å². The quantitative estimate of drug-likeness (QED) is 0.539. The first-order chi connectivity index (χ1) is 6.86. The number of aromatic nitrogens is 2. The molecule has 68 valence electrons. The van der Waals surface area contributed by atoms with Gasteiger partial charge in [-0.2, -0.15) is 0 Å². The van der Waals surface area contributed by atoms with Gasteiger partial charge in [-0.1, -0.05) is 18.2 Å². The molecule has 3 rings (SSSR count). The van der Waals surface area contributed by atoms with E-state index in [0.29, 0.717) is 5.71 Å². The third kappa shape index (κ3) is 0.865. The summed E-state index contributed by atoms with van der Waals surface area (Å²) in [6, 6.07) is 6.06. The van der Waals surface area contributed by atoms with Crippen molar-refractivity contribution < 1.29 is 4.42 Å². The Morgan fingerprint density at radius 1 is 1.21 bits per heavy atom. The Balaban J connectivity index is 2.63. The highest BCUT2D eigenvalue weighted by molar-refractivity contribution is 6.03. The van der Waals surface area contributed by atoms with Gasteiger partial charge in [0.15, 0.2) is 0 Å². The molecule has 0 aliphatic heterocycles. The minimum Gasteiger partial charge on any atom is -0.437 e. The lowest BCUT2D eigenvalue weighted by atomic mass is 10.1. The summed E-state index contributed by atoms with van der Waals surface area (Å²) >= 11 is 0. The fraction of sp³-hybridized carbons (Fsp3) is 0.0909. The smallest absolute Gasteiger partial charge is 0.230 e. The van der Waals surface area contributed by atoms with Crippen molar-refractivity contribution in [2.24, 2.45) is 0 Å². The predicted molar refractivity (Wildman–Crippen MR) is 54.0 cm³/mol. The van der Waals surface area contributed by atoms with Crippen LogP contribution in [0.1, 0.15) is 5.56 Å². The van der Waals surface area contributed by atoms with Crippen molar-refractivity contribution >= 4 is 22.1 Å². The molecule has 2 heterocycles. The SMILES string of the molecule is Cc1cccc2c1oc1ncncc12. The molecule has 0 amide bonds. The van der Waals surface area contributed by atoms with E-state index < -0.39 is 0 Å². The highest BCUT2D eigenvalue weighted by Gasteiger charge is 2.08. The molecule has 3 nitrogen and oxygen atoms in total. The number of rotatable bonds is 0. The normalized spacial score (nSPS) is 11.2. The first-order valence-electron chi connectivity index (χ1n) is 4.44. The van der Waals surface area contributed by atoms with Crippen molar-refractivity contribution in [3.63, 3.8) is 0 Å². The van der Waals surface area contributed by atoms with Crippen LogP contribution in [-0.2, 0) is 0 Å². The van der Waals surface area contributed by atoms with Gasteiger partial charge < -0.3 is 4.42 Å². The van der Waals surface area contributed by atoms with E-state index in [-0.39, 0.29) is 0 Å². The fourth-order valence-electron chi connectivity index (χ4n) is 1.68. The molecule has 2 aromatic heterocycles. The summed E-state index contributed by atoms with van der Waals surface area (Å²) < 4.78 is 5.63. The van der Waals surface area contributed by atoms with Crippen molar-refractivity contribution in [3.05, 3.63) is 36.3 Å².